The molecule has 0 aliphatic rings. The zero-order valence-corrected chi connectivity index (χ0v) is 13.5. The second kappa shape index (κ2) is 6.84. The Hall–Kier alpha value is -1.17. The number of amides is 1. The first-order valence-electron chi connectivity index (χ1n) is 6.38. The summed E-state index contributed by atoms with van der Waals surface area (Å²) in [6.07, 6.45) is 0.431. The maximum atomic E-state index is 11.3. The number of carbonyl (C=O) groups excluding carboxylic acids is 1. The van der Waals surface area contributed by atoms with Crippen molar-refractivity contribution in [2.45, 2.75) is 39.5 Å². The Morgan fingerprint density at radius 2 is 2.05 bits per heavy atom. The van der Waals surface area contributed by atoms with Gasteiger partial charge in [-0.05, 0) is 22.9 Å². The molecular formula is C13H21BrN4O. The van der Waals surface area contributed by atoms with Crippen LogP contribution in [-0.4, -0.2) is 29.0 Å². The topological polar surface area (TPSA) is 66.9 Å². The van der Waals surface area contributed by atoms with Crippen molar-refractivity contribution >= 4 is 27.7 Å². The highest BCUT2D eigenvalue weighted by Crippen LogP contribution is 2.22. The number of rotatable bonds is 5. The molecule has 0 aliphatic carbocycles. The van der Waals surface area contributed by atoms with Gasteiger partial charge < -0.3 is 10.6 Å². The number of hydrogen-bond acceptors (Lipinski definition) is 4. The average molecular weight is 329 g/mol. The molecule has 6 heteroatoms. The Labute approximate surface area is 122 Å². The third-order valence-electron chi connectivity index (χ3n) is 2.40. The molecule has 0 atom stereocenters. The van der Waals surface area contributed by atoms with E-state index in [1.807, 2.05) is 13.0 Å². The zero-order valence-electron chi connectivity index (χ0n) is 11.9. The first kappa shape index (κ1) is 15.9. The van der Waals surface area contributed by atoms with Crippen molar-refractivity contribution in [1.82, 2.24) is 15.3 Å². The fraction of sp³-hybridized carbons (Fsp3) is 0.615. The molecule has 0 saturated heterocycles. The molecule has 1 amide bonds. The fourth-order valence-corrected chi connectivity index (χ4v) is 1.82. The van der Waals surface area contributed by atoms with Crippen LogP contribution in [-0.2, 0) is 10.2 Å². The molecule has 1 aromatic heterocycles. The van der Waals surface area contributed by atoms with Crippen molar-refractivity contribution in [2.75, 3.05) is 18.4 Å². The lowest BCUT2D eigenvalue weighted by atomic mass is 9.96. The van der Waals surface area contributed by atoms with E-state index < -0.39 is 0 Å². The summed E-state index contributed by atoms with van der Waals surface area (Å²) in [7, 11) is 0. The number of anilines is 1. The van der Waals surface area contributed by atoms with Crippen LogP contribution in [0, 0.1) is 0 Å². The van der Waals surface area contributed by atoms with Gasteiger partial charge in [0.1, 0.15) is 16.2 Å². The van der Waals surface area contributed by atoms with E-state index in [4.69, 9.17) is 0 Å². The van der Waals surface area contributed by atoms with E-state index in [2.05, 4.69) is 57.3 Å². The van der Waals surface area contributed by atoms with Gasteiger partial charge in [-0.3, -0.25) is 4.79 Å². The Morgan fingerprint density at radius 3 is 2.63 bits per heavy atom. The number of aromatic nitrogens is 2. The summed E-state index contributed by atoms with van der Waals surface area (Å²) in [6.45, 7) is 9.31. The molecule has 1 rings (SSSR count). The van der Waals surface area contributed by atoms with Crippen LogP contribution in [0.3, 0.4) is 0 Å². The molecule has 0 unspecified atom stereocenters. The summed E-state index contributed by atoms with van der Waals surface area (Å²) in [6, 6.07) is 1.81. The summed E-state index contributed by atoms with van der Waals surface area (Å²) >= 11 is 3.38. The summed E-state index contributed by atoms with van der Waals surface area (Å²) in [5, 5.41) is 5.90. The van der Waals surface area contributed by atoms with Crippen LogP contribution < -0.4 is 10.6 Å². The number of nitrogens with zero attached hydrogens (tertiary/aromatic N) is 2. The molecule has 2 N–H and O–H groups in total. The van der Waals surface area contributed by atoms with Crippen LogP contribution in [0.4, 0.5) is 5.82 Å². The third kappa shape index (κ3) is 5.55. The zero-order chi connectivity index (χ0) is 14.5. The average Bonchev–Trinajstić information content (AvgIpc) is 2.27. The standard InChI is InChI=1S/C13H21BrN4O/c1-5-15-11(19)6-7-16-10-8-9(14)17-12(18-10)13(2,3)4/h8H,5-7H2,1-4H3,(H,15,19)(H,16,17,18). The van der Waals surface area contributed by atoms with Gasteiger partial charge in [-0.1, -0.05) is 20.8 Å². The largest absolute Gasteiger partial charge is 0.369 e. The Kier molecular flexibility index (Phi) is 5.72. The van der Waals surface area contributed by atoms with Gasteiger partial charge in [0.25, 0.3) is 0 Å². The number of halogens is 1. The molecule has 1 aromatic rings. The summed E-state index contributed by atoms with van der Waals surface area (Å²) in [4.78, 5) is 20.2. The van der Waals surface area contributed by atoms with Gasteiger partial charge in [0, 0.05) is 31.0 Å². The second-order valence-electron chi connectivity index (χ2n) is 5.28. The maximum Gasteiger partial charge on any atom is 0.221 e. The van der Waals surface area contributed by atoms with E-state index in [9.17, 15) is 4.79 Å². The van der Waals surface area contributed by atoms with Crippen molar-refractivity contribution in [3.05, 3.63) is 16.5 Å². The van der Waals surface area contributed by atoms with Gasteiger partial charge >= 0.3 is 0 Å². The van der Waals surface area contributed by atoms with E-state index in [1.165, 1.54) is 0 Å². The first-order chi connectivity index (χ1) is 8.82. The molecule has 1 heterocycles. The minimum Gasteiger partial charge on any atom is -0.369 e. The van der Waals surface area contributed by atoms with Crippen molar-refractivity contribution in [1.29, 1.82) is 0 Å². The normalized spacial score (nSPS) is 11.2. The Bertz CT molecular complexity index is 443. The molecule has 0 aliphatic heterocycles. The minimum absolute atomic E-state index is 0.0409. The molecule has 0 spiro atoms. The molecule has 0 aromatic carbocycles. The van der Waals surface area contributed by atoms with Crippen LogP contribution in [0.15, 0.2) is 10.7 Å². The maximum absolute atomic E-state index is 11.3. The fourth-order valence-electron chi connectivity index (χ4n) is 1.43. The van der Waals surface area contributed by atoms with Gasteiger partial charge in [-0.2, -0.15) is 0 Å². The van der Waals surface area contributed by atoms with Gasteiger partial charge in [0.2, 0.25) is 5.91 Å². The van der Waals surface area contributed by atoms with E-state index >= 15 is 0 Å². The van der Waals surface area contributed by atoms with Gasteiger partial charge in [-0.25, -0.2) is 9.97 Å². The highest BCUT2D eigenvalue weighted by Gasteiger charge is 2.18. The van der Waals surface area contributed by atoms with Gasteiger partial charge in [-0.15, -0.1) is 0 Å². The predicted molar refractivity (Wildman–Crippen MR) is 80.2 cm³/mol. The van der Waals surface area contributed by atoms with Crippen LogP contribution in [0.5, 0.6) is 0 Å². The first-order valence-corrected chi connectivity index (χ1v) is 7.18. The van der Waals surface area contributed by atoms with E-state index in [1.54, 1.807) is 0 Å². The highest BCUT2D eigenvalue weighted by atomic mass is 79.9. The SMILES string of the molecule is CCNC(=O)CCNc1cc(Br)nc(C(C)(C)C)n1. The quantitative estimate of drug-likeness (QED) is 0.815. The lowest BCUT2D eigenvalue weighted by molar-refractivity contribution is -0.120. The molecule has 0 bridgehead atoms. The minimum atomic E-state index is -0.111. The molecule has 0 fully saturated rings. The van der Waals surface area contributed by atoms with Gasteiger partial charge in [0.05, 0.1) is 0 Å². The van der Waals surface area contributed by atoms with E-state index in [-0.39, 0.29) is 11.3 Å². The molecule has 0 saturated carbocycles. The summed E-state index contributed by atoms with van der Waals surface area (Å²) < 4.78 is 0.743. The van der Waals surface area contributed by atoms with Crippen molar-refractivity contribution in [2.24, 2.45) is 0 Å². The van der Waals surface area contributed by atoms with Crippen molar-refractivity contribution < 1.29 is 4.79 Å². The molecule has 106 valence electrons. The van der Waals surface area contributed by atoms with Crippen LogP contribution in [0.25, 0.3) is 0 Å². The lowest BCUT2D eigenvalue weighted by Gasteiger charge is -2.17. The smallest absolute Gasteiger partial charge is 0.221 e. The molecular weight excluding hydrogens is 308 g/mol. The van der Waals surface area contributed by atoms with Crippen LogP contribution in [0.1, 0.15) is 39.9 Å². The van der Waals surface area contributed by atoms with E-state index in [0.717, 1.165) is 16.2 Å². The molecule has 0 radical (unpaired) electrons. The van der Waals surface area contributed by atoms with Gasteiger partial charge in [0.15, 0.2) is 0 Å². The monoisotopic (exact) mass is 328 g/mol. The second-order valence-corrected chi connectivity index (χ2v) is 6.09. The highest BCUT2D eigenvalue weighted by molar-refractivity contribution is 9.10. The summed E-state index contributed by atoms with van der Waals surface area (Å²) in [5.41, 5.74) is -0.111. The van der Waals surface area contributed by atoms with Crippen molar-refractivity contribution in [3.63, 3.8) is 0 Å². The predicted octanol–water partition coefficient (Wildman–Crippen LogP) is 2.47. The van der Waals surface area contributed by atoms with E-state index in [0.29, 0.717) is 19.5 Å². The van der Waals surface area contributed by atoms with Crippen LogP contribution >= 0.6 is 15.9 Å². The number of nitrogens with one attached hydrogen (secondary N) is 2. The molecule has 19 heavy (non-hydrogen) atoms. The Morgan fingerprint density at radius 1 is 1.37 bits per heavy atom. The lowest BCUT2D eigenvalue weighted by Crippen LogP contribution is -2.25. The number of carbonyl (C=O) groups is 1. The Balaban J connectivity index is 2.64. The third-order valence-corrected chi connectivity index (χ3v) is 2.80. The number of hydrogen-bond donors (Lipinski definition) is 2. The van der Waals surface area contributed by atoms with Crippen LogP contribution in [0.2, 0.25) is 0 Å². The van der Waals surface area contributed by atoms with Crippen molar-refractivity contribution in [3.8, 4) is 0 Å². The summed E-state index contributed by atoms with van der Waals surface area (Å²) in [5.74, 6) is 1.54. The molecule has 5 nitrogen and oxygen atoms in total.